The van der Waals surface area contributed by atoms with Crippen LogP contribution in [0.1, 0.15) is 18.7 Å². The average Bonchev–Trinajstić information content (AvgIpc) is 3.09. The van der Waals surface area contributed by atoms with Crippen LogP contribution in [0.3, 0.4) is 0 Å². The van der Waals surface area contributed by atoms with Gasteiger partial charge in [-0.1, -0.05) is 5.16 Å². The van der Waals surface area contributed by atoms with Gasteiger partial charge in [-0.2, -0.15) is 4.98 Å². The van der Waals surface area contributed by atoms with Gasteiger partial charge in [0.15, 0.2) is 0 Å². The quantitative estimate of drug-likeness (QED) is 0.814. The second-order valence-electron chi connectivity index (χ2n) is 5.66. The molecular formula is C16H18N4O5. The van der Waals surface area contributed by atoms with E-state index in [-0.39, 0.29) is 25.4 Å². The van der Waals surface area contributed by atoms with Gasteiger partial charge < -0.3 is 19.3 Å². The van der Waals surface area contributed by atoms with Crippen LogP contribution in [-0.4, -0.2) is 62.8 Å². The van der Waals surface area contributed by atoms with Crippen LogP contribution < -0.4 is 0 Å². The lowest BCUT2D eigenvalue weighted by Gasteiger charge is -2.34. The van der Waals surface area contributed by atoms with Crippen LogP contribution in [0.5, 0.6) is 0 Å². The maximum absolute atomic E-state index is 12.4. The van der Waals surface area contributed by atoms with E-state index in [1.165, 1.54) is 0 Å². The molecule has 1 amide bonds. The molecule has 1 saturated heterocycles. The highest BCUT2D eigenvalue weighted by molar-refractivity contribution is 5.78. The van der Waals surface area contributed by atoms with E-state index in [0.29, 0.717) is 31.3 Å². The van der Waals surface area contributed by atoms with E-state index in [0.717, 1.165) is 5.56 Å². The molecule has 3 heterocycles. The van der Waals surface area contributed by atoms with Crippen molar-refractivity contribution >= 4 is 11.9 Å². The molecule has 0 radical (unpaired) electrons. The standard InChI is InChI=1S/C16H18N4O5/c21-14(20-7-8-24-10-12(20)9-15(22)23)2-1-13-18-16(19-25-13)11-3-5-17-6-4-11/h3-6,12H,1-2,7-10H2,(H,22,23)/t12-/m0/s1. The summed E-state index contributed by atoms with van der Waals surface area (Å²) in [4.78, 5) is 33.1. The summed E-state index contributed by atoms with van der Waals surface area (Å²) in [5.41, 5.74) is 0.783. The first kappa shape index (κ1) is 17.0. The lowest BCUT2D eigenvalue weighted by atomic mass is 10.1. The van der Waals surface area contributed by atoms with Crippen LogP contribution >= 0.6 is 0 Å². The number of ether oxygens (including phenoxy) is 1. The number of pyridine rings is 1. The third kappa shape index (κ3) is 4.38. The maximum atomic E-state index is 12.4. The molecule has 1 aliphatic heterocycles. The molecule has 0 aliphatic carbocycles. The number of amides is 1. The van der Waals surface area contributed by atoms with Crippen LogP contribution in [0.25, 0.3) is 11.4 Å². The van der Waals surface area contributed by atoms with Gasteiger partial charge in [0.05, 0.1) is 25.7 Å². The van der Waals surface area contributed by atoms with E-state index < -0.39 is 12.0 Å². The van der Waals surface area contributed by atoms with Crippen molar-refractivity contribution in [1.82, 2.24) is 20.0 Å². The lowest BCUT2D eigenvalue weighted by molar-refractivity contribution is -0.146. The molecule has 0 aromatic carbocycles. The molecule has 0 spiro atoms. The van der Waals surface area contributed by atoms with Crippen molar-refractivity contribution in [3.63, 3.8) is 0 Å². The van der Waals surface area contributed by atoms with E-state index in [1.807, 2.05) is 0 Å². The number of hydrogen-bond acceptors (Lipinski definition) is 7. The van der Waals surface area contributed by atoms with Crippen molar-refractivity contribution < 1.29 is 24.0 Å². The van der Waals surface area contributed by atoms with Gasteiger partial charge in [0, 0.05) is 37.3 Å². The summed E-state index contributed by atoms with van der Waals surface area (Å²) < 4.78 is 10.5. The Labute approximate surface area is 143 Å². The monoisotopic (exact) mass is 346 g/mol. The van der Waals surface area contributed by atoms with E-state index in [2.05, 4.69) is 15.1 Å². The van der Waals surface area contributed by atoms with E-state index >= 15 is 0 Å². The normalized spacial score (nSPS) is 17.4. The fourth-order valence-corrected chi connectivity index (χ4v) is 2.69. The minimum atomic E-state index is -0.952. The molecule has 9 heteroatoms. The van der Waals surface area contributed by atoms with Crippen LogP contribution in [0, 0.1) is 0 Å². The van der Waals surface area contributed by atoms with Gasteiger partial charge in [-0.05, 0) is 12.1 Å². The van der Waals surface area contributed by atoms with Gasteiger partial charge in [-0.3, -0.25) is 14.6 Å². The van der Waals surface area contributed by atoms with Crippen LogP contribution in [0.15, 0.2) is 29.0 Å². The van der Waals surface area contributed by atoms with Crippen molar-refractivity contribution in [2.24, 2.45) is 0 Å². The zero-order valence-electron chi connectivity index (χ0n) is 13.5. The first-order chi connectivity index (χ1) is 12.1. The molecule has 0 bridgehead atoms. The number of nitrogens with zero attached hydrogens (tertiary/aromatic N) is 4. The summed E-state index contributed by atoms with van der Waals surface area (Å²) in [5, 5.41) is 12.8. The Hall–Kier alpha value is -2.81. The van der Waals surface area contributed by atoms with Gasteiger partial charge in [0.25, 0.3) is 0 Å². The minimum Gasteiger partial charge on any atom is -0.481 e. The van der Waals surface area contributed by atoms with Crippen molar-refractivity contribution in [3.8, 4) is 11.4 Å². The SMILES string of the molecule is O=C(O)C[C@H]1COCCN1C(=O)CCc1nc(-c2ccncc2)no1. The number of carbonyl (C=O) groups is 2. The minimum absolute atomic E-state index is 0.126. The first-order valence-electron chi connectivity index (χ1n) is 7.95. The molecule has 1 atom stereocenters. The smallest absolute Gasteiger partial charge is 0.305 e. The predicted molar refractivity (Wildman–Crippen MR) is 84.4 cm³/mol. The molecule has 0 unspecified atom stereocenters. The Morgan fingerprint density at radius 2 is 2.12 bits per heavy atom. The van der Waals surface area contributed by atoms with Gasteiger partial charge in [-0.15, -0.1) is 0 Å². The fourth-order valence-electron chi connectivity index (χ4n) is 2.69. The molecule has 1 N–H and O–H groups in total. The van der Waals surface area contributed by atoms with Crippen molar-refractivity contribution in [2.45, 2.75) is 25.3 Å². The summed E-state index contributed by atoms with van der Waals surface area (Å²) >= 11 is 0. The molecule has 132 valence electrons. The number of aromatic nitrogens is 3. The van der Waals surface area contributed by atoms with E-state index in [1.54, 1.807) is 29.4 Å². The average molecular weight is 346 g/mol. The second kappa shape index (κ2) is 7.84. The number of carbonyl (C=O) groups excluding carboxylic acids is 1. The molecule has 1 fully saturated rings. The number of morpholine rings is 1. The summed E-state index contributed by atoms with van der Waals surface area (Å²) in [5.74, 6) is -0.284. The Morgan fingerprint density at radius 1 is 1.32 bits per heavy atom. The summed E-state index contributed by atoms with van der Waals surface area (Å²) in [6.07, 6.45) is 3.62. The maximum Gasteiger partial charge on any atom is 0.305 e. The van der Waals surface area contributed by atoms with Gasteiger partial charge in [0.1, 0.15) is 0 Å². The molecule has 0 saturated carbocycles. The fraction of sp³-hybridized carbons (Fsp3) is 0.438. The van der Waals surface area contributed by atoms with E-state index in [9.17, 15) is 9.59 Å². The number of aliphatic carboxylic acids is 1. The Morgan fingerprint density at radius 3 is 2.88 bits per heavy atom. The lowest BCUT2D eigenvalue weighted by Crippen LogP contribution is -2.49. The topological polar surface area (TPSA) is 119 Å². The van der Waals surface area contributed by atoms with Crippen LogP contribution in [0.2, 0.25) is 0 Å². The number of carboxylic acids is 1. The van der Waals surface area contributed by atoms with Gasteiger partial charge >= 0.3 is 5.97 Å². The molecule has 3 rings (SSSR count). The van der Waals surface area contributed by atoms with Crippen molar-refractivity contribution in [1.29, 1.82) is 0 Å². The first-order valence-corrected chi connectivity index (χ1v) is 7.95. The Bertz CT molecular complexity index is 733. The number of aryl methyl sites for hydroxylation is 1. The highest BCUT2D eigenvalue weighted by Crippen LogP contribution is 2.16. The van der Waals surface area contributed by atoms with Crippen LogP contribution in [-0.2, 0) is 20.7 Å². The molecule has 1 aliphatic rings. The van der Waals surface area contributed by atoms with Crippen LogP contribution in [0.4, 0.5) is 0 Å². The summed E-state index contributed by atoms with van der Waals surface area (Å²) in [6.45, 7) is 1.04. The van der Waals surface area contributed by atoms with E-state index in [4.69, 9.17) is 14.4 Å². The van der Waals surface area contributed by atoms with Crippen molar-refractivity contribution in [3.05, 3.63) is 30.4 Å². The highest BCUT2D eigenvalue weighted by atomic mass is 16.5. The second-order valence-corrected chi connectivity index (χ2v) is 5.66. The Kier molecular flexibility index (Phi) is 5.34. The number of rotatable bonds is 6. The third-order valence-corrected chi connectivity index (χ3v) is 3.92. The molecule has 2 aromatic heterocycles. The highest BCUT2D eigenvalue weighted by Gasteiger charge is 2.29. The zero-order chi connectivity index (χ0) is 17.6. The van der Waals surface area contributed by atoms with Gasteiger partial charge in [0.2, 0.25) is 17.6 Å². The Balaban J connectivity index is 1.58. The number of carboxylic acid groups (broad SMARTS) is 1. The molecule has 2 aromatic rings. The largest absolute Gasteiger partial charge is 0.481 e. The molecule has 9 nitrogen and oxygen atoms in total. The third-order valence-electron chi connectivity index (χ3n) is 3.92. The zero-order valence-corrected chi connectivity index (χ0v) is 13.5. The van der Waals surface area contributed by atoms with Gasteiger partial charge in [-0.25, -0.2) is 0 Å². The predicted octanol–water partition coefficient (Wildman–Crippen LogP) is 0.766. The van der Waals surface area contributed by atoms with Crippen molar-refractivity contribution in [2.75, 3.05) is 19.8 Å². The molecular weight excluding hydrogens is 328 g/mol. The molecule has 25 heavy (non-hydrogen) atoms. The number of hydrogen-bond donors (Lipinski definition) is 1. The summed E-state index contributed by atoms with van der Waals surface area (Å²) in [6, 6.07) is 3.10. The summed E-state index contributed by atoms with van der Waals surface area (Å²) in [7, 11) is 0.